The molecule has 0 fully saturated rings. The Balaban J connectivity index is 2.91. The Kier molecular flexibility index (Phi) is 10.7. The van der Waals surface area contributed by atoms with Crippen molar-refractivity contribution in [2.45, 2.75) is 59.3 Å². The number of hydrogen-bond acceptors (Lipinski definition) is 1. The first-order chi connectivity index (χ1) is 6.31. The molecular formula is C12H26S. The van der Waals surface area contributed by atoms with Gasteiger partial charge in [-0.05, 0) is 30.3 Å². The number of hydrogen-bond donors (Lipinski definition) is 0. The van der Waals surface area contributed by atoms with Crippen LogP contribution in [0.3, 0.4) is 0 Å². The molecule has 0 amide bonds. The fourth-order valence-corrected chi connectivity index (χ4v) is 2.40. The van der Waals surface area contributed by atoms with Crippen molar-refractivity contribution in [3.05, 3.63) is 0 Å². The van der Waals surface area contributed by atoms with E-state index in [9.17, 15) is 0 Å². The van der Waals surface area contributed by atoms with Crippen LogP contribution in [0.15, 0.2) is 0 Å². The molecule has 0 spiro atoms. The van der Waals surface area contributed by atoms with Gasteiger partial charge in [0.05, 0.1) is 0 Å². The first-order valence-electron chi connectivity index (χ1n) is 5.89. The highest BCUT2D eigenvalue weighted by Crippen LogP contribution is 2.14. The molecule has 0 saturated heterocycles. The lowest BCUT2D eigenvalue weighted by atomic mass is 10.1. The van der Waals surface area contributed by atoms with Crippen LogP contribution in [0.25, 0.3) is 0 Å². The predicted molar refractivity (Wildman–Crippen MR) is 65.5 cm³/mol. The maximum absolute atomic E-state index is 2.36. The molecule has 1 unspecified atom stereocenters. The molecule has 80 valence electrons. The largest absolute Gasteiger partial charge is 0.162 e. The minimum atomic E-state index is 0.933. The molecule has 0 nitrogen and oxygen atoms in total. The Labute approximate surface area is 88.9 Å². The summed E-state index contributed by atoms with van der Waals surface area (Å²) in [5.74, 6) is 3.69. The van der Waals surface area contributed by atoms with E-state index in [1.165, 1.54) is 50.0 Å². The molecule has 0 radical (unpaired) electrons. The Morgan fingerprint density at radius 1 is 1.00 bits per heavy atom. The van der Waals surface area contributed by atoms with Crippen LogP contribution in [-0.2, 0) is 0 Å². The van der Waals surface area contributed by atoms with Gasteiger partial charge < -0.3 is 0 Å². The quantitative estimate of drug-likeness (QED) is 0.487. The molecule has 1 atom stereocenters. The monoisotopic (exact) mass is 202 g/mol. The Morgan fingerprint density at radius 2 is 1.77 bits per heavy atom. The summed E-state index contributed by atoms with van der Waals surface area (Å²) in [5, 5.41) is 0. The molecule has 0 heterocycles. The van der Waals surface area contributed by atoms with Gasteiger partial charge in [0.1, 0.15) is 0 Å². The van der Waals surface area contributed by atoms with E-state index in [4.69, 9.17) is 0 Å². The number of unbranched alkanes of at least 4 members (excludes halogenated alkanes) is 3. The Bertz CT molecular complexity index is 91.1. The summed E-state index contributed by atoms with van der Waals surface area (Å²) in [6.45, 7) is 6.92. The SMILES string of the molecule is CCCCCCSCCC(C)CC. The zero-order valence-corrected chi connectivity index (χ0v) is 10.5. The topological polar surface area (TPSA) is 0 Å². The minimum absolute atomic E-state index is 0.933. The smallest absolute Gasteiger partial charge is 0.00650 e. The lowest BCUT2D eigenvalue weighted by molar-refractivity contribution is 0.548. The van der Waals surface area contributed by atoms with E-state index < -0.39 is 0 Å². The van der Waals surface area contributed by atoms with E-state index in [1.807, 2.05) is 0 Å². The predicted octanol–water partition coefficient (Wildman–Crippen LogP) is 4.74. The van der Waals surface area contributed by atoms with Gasteiger partial charge in [-0.25, -0.2) is 0 Å². The number of thioether (sulfide) groups is 1. The highest BCUT2D eigenvalue weighted by atomic mass is 32.2. The molecule has 0 aromatic heterocycles. The first-order valence-corrected chi connectivity index (χ1v) is 7.04. The van der Waals surface area contributed by atoms with Gasteiger partial charge in [-0.2, -0.15) is 11.8 Å². The zero-order valence-electron chi connectivity index (χ0n) is 9.64. The second-order valence-corrected chi connectivity index (χ2v) is 5.20. The molecular weight excluding hydrogens is 176 g/mol. The second-order valence-electron chi connectivity index (χ2n) is 3.98. The van der Waals surface area contributed by atoms with Gasteiger partial charge in [-0.1, -0.05) is 46.5 Å². The maximum Gasteiger partial charge on any atom is -0.00650 e. The van der Waals surface area contributed by atoms with E-state index >= 15 is 0 Å². The van der Waals surface area contributed by atoms with Crippen LogP contribution in [0.2, 0.25) is 0 Å². The lowest BCUT2D eigenvalue weighted by Gasteiger charge is -2.07. The molecule has 0 aliphatic carbocycles. The Hall–Kier alpha value is 0.350. The van der Waals surface area contributed by atoms with Crippen LogP contribution in [0.1, 0.15) is 59.3 Å². The van der Waals surface area contributed by atoms with Crippen molar-refractivity contribution in [2.24, 2.45) is 5.92 Å². The van der Waals surface area contributed by atoms with Crippen molar-refractivity contribution in [1.82, 2.24) is 0 Å². The fraction of sp³-hybridized carbons (Fsp3) is 1.00. The fourth-order valence-electron chi connectivity index (χ4n) is 1.22. The van der Waals surface area contributed by atoms with Gasteiger partial charge in [0, 0.05) is 0 Å². The third kappa shape index (κ3) is 10.3. The average Bonchev–Trinajstić information content (AvgIpc) is 2.16. The van der Waals surface area contributed by atoms with Gasteiger partial charge in [-0.3, -0.25) is 0 Å². The summed E-state index contributed by atoms with van der Waals surface area (Å²) in [7, 11) is 0. The standard InChI is InChI=1S/C12H26S/c1-4-6-7-8-10-13-11-9-12(3)5-2/h12H,4-11H2,1-3H3. The van der Waals surface area contributed by atoms with E-state index in [0.29, 0.717) is 0 Å². The van der Waals surface area contributed by atoms with Crippen molar-refractivity contribution in [1.29, 1.82) is 0 Å². The lowest BCUT2D eigenvalue weighted by Crippen LogP contribution is -1.94. The van der Waals surface area contributed by atoms with E-state index in [-0.39, 0.29) is 0 Å². The van der Waals surface area contributed by atoms with Crippen LogP contribution in [0.4, 0.5) is 0 Å². The van der Waals surface area contributed by atoms with Gasteiger partial charge in [-0.15, -0.1) is 0 Å². The van der Waals surface area contributed by atoms with Crippen molar-refractivity contribution >= 4 is 11.8 Å². The van der Waals surface area contributed by atoms with Crippen molar-refractivity contribution in [3.8, 4) is 0 Å². The van der Waals surface area contributed by atoms with E-state index in [2.05, 4.69) is 32.5 Å². The van der Waals surface area contributed by atoms with Gasteiger partial charge in [0.15, 0.2) is 0 Å². The van der Waals surface area contributed by atoms with Crippen molar-refractivity contribution < 1.29 is 0 Å². The minimum Gasteiger partial charge on any atom is -0.162 e. The molecule has 0 aromatic carbocycles. The molecule has 0 aliphatic heterocycles. The van der Waals surface area contributed by atoms with Gasteiger partial charge >= 0.3 is 0 Å². The molecule has 0 rings (SSSR count). The second kappa shape index (κ2) is 10.4. The number of rotatable bonds is 9. The van der Waals surface area contributed by atoms with E-state index in [1.54, 1.807) is 0 Å². The normalized spacial score (nSPS) is 13.2. The summed E-state index contributed by atoms with van der Waals surface area (Å²) in [6, 6.07) is 0. The molecule has 0 N–H and O–H groups in total. The molecule has 13 heavy (non-hydrogen) atoms. The van der Waals surface area contributed by atoms with Crippen LogP contribution in [-0.4, -0.2) is 11.5 Å². The summed E-state index contributed by atoms with van der Waals surface area (Å²) >= 11 is 2.15. The highest BCUT2D eigenvalue weighted by molar-refractivity contribution is 7.99. The van der Waals surface area contributed by atoms with Crippen LogP contribution in [0, 0.1) is 5.92 Å². The summed E-state index contributed by atoms with van der Waals surface area (Å²) in [4.78, 5) is 0. The van der Waals surface area contributed by atoms with Crippen LogP contribution < -0.4 is 0 Å². The Morgan fingerprint density at radius 3 is 2.38 bits per heavy atom. The van der Waals surface area contributed by atoms with Crippen LogP contribution in [0.5, 0.6) is 0 Å². The van der Waals surface area contributed by atoms with Gasteiger partial charge in [0.25, 0.3) is 0 Å². The van der Waals surface area contributed by atoms with Gasteiger partial charge in [0.2, 0.25) is 0 Å². The third-order valence-corrected chi connectivity index (χ3v) is 3.70. The van der Waals surface area contributed by atoms with E-state index in [0.717, 1.165) is 5.92 Å². The van der Waals surface area contributed by atoms with Crippen molar-refractivity contribution in [3.63, 3.8) is 0 Å². The molecule has 0 aliphatic rings. The maximum atomic E-state index is 2.36. The highest BCUT2D eigenvalue weighted by Gasteiger charge is 1.97. The molecule has 1 heteroatoms. The van der Waals surface area contributed by atoms with Crippen LogP contribution >= 0.6 is 11.8 Å². The molecule has 0 saturated carbocycles. The average molecular weight is 202 g/mol. The molecule has 0 bridgehead atoms. The third-order valence-electron chi connectivity index (χ3n) is 2.59. The zero-order chi connectivity index (χ0) is 9.94. The summed E-state index contributed by atoms with van der Waals surface area (Å²) in [6.07, 6.45) is 8.40. The summed E-state index contributed by atoms with van der Waals surface area (Å²) in [5.41, 5.74) is 0. The summed E-state index contributed by atoms with van der Waals surface area (Å²) < 4.78 is 0. The molecule has 0 aromatic rings. The van der Waals surface area contributed by atoms with Crippen molar-refractivity contribution in [2.75, 3.05) is 11.5 Å². The first kappa shape index (κ1) is 13.4.